The average molecular weight is 357 g/mol. The number of carbonyl (C=O) groups is 1. The summed E-state index contributed by atoms with van der Waals surface area (Å²) in [4.78, 5) is 31.1. The van der Waals surface area contributed by atoms with Crippen LogP contribution in [0, 0.1) is 0 Å². The van der Waals surface area contributed by atoms with Crippen LogP contribution in [-0.2, 0) is 0 Å². The molecule has 1 aromatic carbocycles. The molecule has 25 heavy (non-hydrogen) atoms. The highest BCUT2D eigenvalue weighted by Crippen LogP contribution is 2.38. The molecule has 2 aromatic heterocycles. The molecule has 0 bridgehead atoms. The number of amides is 1. The van der Waals surface area contributed by atoms with Crippen molar-refractivity contribution in [2.45, 2.75) is 0 Å². The number of thiazole rings is 1. The molecule has 0 radical (unpaired) electrons. The lowest BCUT2D eigenvalue weighted by molar-refractivity contribution is 0.102. The van der Waals surface area contributed by atoms with Gasteiger partial charge in [-0.1, -0.05) is 6.07 Å². The summed E-state index contributed by atoms with van der Waals surface area (Å²) in [7, 11) is 3.10. The van der Waals surface area contributed by atoms with Gasteiger partial charge in [-0.25, -0.2) is 4.98 Å². The molecule has 0 spiro atoms. The zero-order valence-electron chi connectivity index (χ0n) is 13.5. The van der Waals surface area contributed by atoms with Crippen LogP contribution in [0.3, 0.4) is 0 Å². The first-order chi connectivity index (χ1) is 12.1. The highest BCUT2D eigenvalue weighted by atomic mass is 32.1. The molecule has 0 atom stereocenters. The molecular weight excluding hydrogens is 342 g/mol. The molecule has 0 fully saturated rings. The molecule has 2 N–H and O–H groups in total. The number of anilines is 1. The van der Waals surface area contributed by atoms with E-state index >= 15 is 0 Å². The minimum atomic E-state index is -0.457. The molecule has 3 rings (SSSR count). The van der Waals surface area contributed by atoms with E-state index in [1.54, 1.807) is 25.7 Å². The van der Waals surface area contributed by atoms with Crippen molar-refractivity contribution in [2.75, 3.05) is 19.5 Å². The highest BCUT2D eigenvalue weighted by Gasteiger charge is 2.17. The quantitative estimate of drug-likeness (QED) is 0.732. The van der Waals surface area contributed by atoms with Gasteiger partial charge in [0.25, 0.3) is 5.91 Å². The van der Waals surface area contributed by atoms with Crippen LogP contribution < -0.4 is 20.2 Å². The van der Waals surface area contributed by atoms with E-state index in [-0.39, 0.29) is 16.8 Å². The van der Waals surface area contributed by atoms with Crippen LogP contribution >= 0.6 is 11.3 Å². The number of para-hydroxylation sites is 1. The van der Waals surface area contributed by atoms with E-state index < -0.39 is 5.91 Å². The topological polar surface area (TPSA) is 93.3 Å². The fourth-order valence-corrected chi connectivity index (χ4v) is 3.08. The van der Waals surface area contributed by atoms with Crippen molar-refractivity contribution in [1.82, 2.24) is 9.97 Å². The smallest absolute Gasteiger partial charge is 0.275 e. The number of aromatic amines is 1. The summed E-state index contributed by atoms with van der Waals surface area (Å²) in [5.74, 6) is 0.670. The van der Waals surface area contributed by atoms with Crippen molar-refractivity contribution in [1.29, 1.82) is 0 Å². The van der Waals surface area contributed by atoms with Crippen molar-refractivity contribution in [2.24, 2.45) is 0 Å². The lowest BCUT2D eigenvalue weighted by atomic mass is 10.2. The van der Waals surface area contributed by atoms with Gasteiger partial charge in [0.1, 0.15) is 16.4 Å². The highest BCUT2D eigenvalue weighted by molar-refractivity contribution is 7.13. The lowest BCUT2D eigenvalue weighted by Gasteiger charge is -2.10. The molecule has 7 nitrogen and oxygen atoms in total. The van der Waals surface area contributed by atoms with Crippen molar-refractivity contribution in [3.8, 4) is 22.1 Å². The van der Waals surface area contributed by atoms with Gasteiger partial charge in [0.15, 0.2) is 11.5 Å². The van der Waals surface area contributed by atoms with E-state index in [2.05, 4.69) is 15.3 Å². The number of benzene rings is 1. The van der Waals surface area contributed by atoms with E-state index in [0.29, 0.717) is 16.5 Å². The fourth-order valence-electron chi connectivity index (χ4n) is 2.26. The minimum absolute atomic E-state index is 0.168. The Morgan fingerprint density at radius 2 is 2.08 bits per heavy atom. The van der Waals surface area contributed by atoms with Crippen molar-refractivity contribution in [3.05, 3.63) is 58.0 Å². The third kappa shape index (κ3) is 3.38. The van der Waals surface area contributed by atoms with Gasteiger partial charge in [0.05, 0.1) is 19.8 Å². The van der Waals surface area contributed by atoms with E-state index in [1.165, 1.54) is 29.8 Å². The summed E-state index contributed by atoms with van der Waals surface area (Å²) < 4.78 is 10.7. The second-order valence-corrected chi connectivity index (χ2v) is 5.81. The number of hydrogen-bond acceptors (Lipinski definition) is 6. The van der Waals surface area contributed by atoms with Gasteiger partial charge in [0, 0.05) is 23.8 Å². The summed E-state index contributed by atoms with van der Waals surface area (Å²) >= 11 is 1.30. The first-order valence-electron chi connectivity index (χ1n) is 7.29. The number of nitrogens with one attached hydrogen (secondary N) is 2. The number of rotatable bonds is 5. The van der Waals surface area contributed by atoms with E-state index in [4.69, 9.17) is 9.47 Å². The Labute approximate surface area is 147 Å². The number of ether oxygens (including phenoxy) is 2. The zero-order chi connectivity index (χ0) is 17.8. The van der Waals surface area contributed by atoms with Crippen LogP contribution in [0.1, 0.15) is 10.5 Å². The average Bonchev–Trinajstić information content (AvgIpc) is 3.13. The van der Waals surface area contributed by atoms with Gasteiger partial charge in [0.2, 0.25) is 5.43 Å². The monoisotopic (exact) mass is 357 g/mol. The van der Waals surface area contributed by atoms with Crippen molar-refractivity contribution >= 4 is 22.9 Å². The molecular formula is C17H15N3O4S. The number of nitrogens with zero attached hydrogens (tertiary/aromatic N) is 1. The summed E-state index contributed by atoms with van der Waals surface area (Å²) in [6.07, 6.45) is 2.92. The van der Waals surface area contributed by atoms with Gasteiger partial charge in [-0.15, -0.1) is 11.3 Å². The van der Waals surface area contributed by atoms with E-state index in [9.17, 15) is 9.59 Å². The first kappa shape index (κ1) is 16.7. The maximum atomic E-state index is 12.3. The number of carbonyl (C=O) groups excluding carboxylic acids is 1. The van der Waals surface area contributed by atoms with Gasteiger partial charge in [-0.3, -0.25) is 9.59 Å². The summed E-state index contributed by atoms with van der Waals surface area (Å²) in [6.45, 7) is 0. The Balaban J connectivity index is 1.89. The van der Waals surface area contributed by atoms with Crippen LogP contribution in [0.5, 0.6) is 11.5 Å². The number of methoxy groups -OCH3 is 2. The van der Waals surface area contributed by atoms with Gasteiger partial charge in [-0.05, 0) is 12.1 Å². The predicted molar refractivity (Wildman–Crippen MR) is 95.7 cm³/mol. The number of pyridine rings is 1. The Morgan fingerprint density at radius 1 is 1.24 bits per heavy atom. The molecule has 8 heteroatoms. The molecule has 0 aliphatic rings. The standard InChI is InChI=1S/C17H15N3O4S/c1-23-14-5-3-4-10(15(14)24-2)17-20-12(9-25-17)16(22)19-11-8-18-7-6-13(11)21/h3-9H,1-2H3,(H,18,21)(H,19,22). The van der Waals surface area contributed by atoms with Crippen LogP contribution in [0.25, 0.3) is 10.6 Å². The lowest BCUT2D eigenvalue weighted by Crippen LogP contribution is -2.18. The molecule has 1 amide bonds. The Bertz CT molecular complexity index is 964. The molecule has 0 aliphatic carbocycles. The van der Waals surface area contributed by atoms with Crippen LogP contribution in [-0.4, -0.2) is 30.1 Å². The number of aromatic nitrogens is 2. The second kappa shape index (κ2) is 7.18. The Morgan fingerprint density at radius 3 is 2.80 bits per heavy atom. The third-order valence-electron chi connectivity index (χ3n) is 3.44. The van der Waals surface area contributed by atoms with Crippen LogP contribution in [0.2, 0.25) is 0 Å². The number of H-pyrrole nitrogens is 1. The Kier molecular flexibility index (Phi) is 4.80. The van der Waals surface area contributed by atoms with E-state index in [0.717, 1.165) is 5.56 Å². The third-order valence-corrected chi connectivity index (χ3v) is 4.32. The van der Waals surface area contributed by atoms with E-state index in [1.807, 2.05) is 12.1 Å². The molecule has 0 saturated heterocycles. The van der Waals surface area contributed by atoms with Gasteiger partial charge < -0.3 is 19.8 Å². The summed E-state index contributed by atoms with van der Waals surface area (Å²) in [6, 6.07) is 6.78. The zero-order valence-corrected chi connectivity index (χ0v) is 14.3. The SMILES string of the molecule is COc1cccc(-c2nc(C(=O)Nc3c[nH]ccc3=O)cs2)c1OC. The second-order valence-electron chi connectivity index (χ2n) is 4.96. The minimum Gasteiger partial charge on any atom is -0.493 e. The molecule has 0 aliphatic heterocycles. The van der Waals surface area contributed by atoms with Gasteiger partial charge >= 0.3 is 0 Å². The Hall–Kier alpha value is -3.13. The van der Waals surface area contributed by atoms with Crippen molar-refractivity contribution < 1.29 is 14.3 Å². The normalized spacial score (nSPS) is 10.3. The first-order valence-corrected chi connectivity index (χ1v) is 8.17. The molecule has 0 saturated carbocycles. The summed E-state index contributed by atoms with van der Waals surface area (Å²) in [5.41, 5.74) is 0.828. The van der Waals surface area contributed by atoms with Crippen LogP contribution in [0.4, 0.5) is 5.69 Å². The van der Waals surface area contributed by atoms with Crippen molar-refractivity contribution in [3.63, 3.8) is 0 Å². The molecule has 128 valence electrons. The maximum Gasteiger partial charge on any atom is 0.275 e. The fraction of sp³-hybridized carbons (Fsp3) is 0.118. The number of hydrogen-bond donors (Lipinski definition) is 2. The molecule has 3 aromatic rings. The predicted octanol–water partition coefficient (Wildman–Crippen LogP) is 2.77. The maximum absolute atomic E-state index is 12.3. The largest absolute Gasteiger partial charge is 0.493 e. The molecule has 0 unspecified atom stereocenters. The van der Waals surface area contributed by atoms with Crippen LogP contribution in [0.15, 0.2) is 46.8 Å². The summed E-state index contributed by atoms with van der Waals surface area (Å²) in [5, 5.41) is 4.79. The molecule has 2 heterocycles. The van der Waals surface area contributed by atoms with Gasteiger partial charge in [-0.2, -0.15) is 0 Å².